The average Bonchev–Trinajstić information content (AvgIpc) is 3.17. The maximum atomic E-state index is 5.36. The van der Waals surface area contributed by atoms with Crippen molar-refractivity contribution in [3.8, 4) is 23.0 Å². The molecule has 2 N–H and O–H groups in total. The van der Waals surface area contributed by atoms with Gasteiger partial charge < -0.3 is 14.8 Å². The van der Waals surface area contributed by atoms with E-state index in [1.54, 1.807) is 0 Å². The molecule has 4 rings (SSSR count). The van der Waals surface area contributed by atoms with Crippen LogP contribution in [-0.4, -0.2) is 21.7 Å². The van der Waals surface area contributed by atoms with Crippen LogP contribution in [0.1, 0.15) is 12.0 Å². The van der Waals surface area contributed by atoms with Gasteiger partial charge in [-0.05, 0) is 48.7 Å². The molecule has 0 aliphatic carbocycles. The summed E-state index contributed by atoms with van der Waals surface area (Å²) < 4.78 is 5.36. The topological polar surface area (TPSA) is 66.7 Å². The van der Waals surface area contributed by atoms with Gasteiger partial charge in [0.1, 0.15) is 0 Å². The van der Waals surface area contributed by atoms with Crippen LogP contribution in [0.4, 0.5) is 5.69 Å². The minimum absolute atomic E-state index is 0.558. The van der Waals surface area contributed by atoms with E-state index in [0.717, 1.165) is 30.6 Å². The zero-order valence-corrected chi connectivity index (χ0v) is 10.9. The Morgan fingerprint density at radius 1 is 1.20 bits per heavy atom. The third kappa shape index (κ3) is 1.87. The van der Waals surface area contributed by atoms with E-state index in [-0.39, 0.29) is 0 Å². The number of aromatic amines is 1. The Kier molecular flexibility index (Phi) is 2.55. The molecule has 0 fully saturated rings. The Morgan fingerprint density at radius 2 is 2.20 bits per heavy atom. The Labute approximate surface area is 116 Å². The largest absolute Gasteiger partial charge is 0.385 e. The molecule has 0 saturated heterocycles. The second-order valence-corrected chi connectivity index (χ2v) is 4.91. The van der Waals surface area contributed by atoms with Gasteiger partial charge in [0.2, 0.25) is 5.82 Å². The maximum absolute atomic E-state index is 5.36. The molecule has 0 spiro atoms. The van der Waals surface area contributed by atoms with Crippen LogP contribution in [0, 0.1) is 0 Å². The van der Waals surface area contributed by atoms with Crippen LogP contribution in [0.5, 0.6) is 0 Å². The number of hydrogen-bond donors (Lipinski definition) is 2. The molecule has 3 aromatic rings. The van der Waals surface area contributed by atoms with E-state index in [1.807, 2.05) is 24.4 Å². The average molecular weight is 266 g/mol. The van der Waals surface area contributed by atoms with Crippen molar-refractivity contribution in [2.24, 2.45) is 0 Å². The predicted octanol–water partition coefficient (Wildman–Crippen LogP) is 3.09. The van der Waals surface area contributed by atoms with Gasteiger partial charge in [0.05, 0.1) is 5.69 Å². The van der Waals surface area contributed by atoms with Crippen LogP contribution in [0.25, 0.3) is 23.0 Å². The van der Waals surface area contributed by atoms with Crippen molar-refractivity contribution >= 4 is 5.69 Å². The molecule has 20 heavy (non-hydrogen) atoms. The van der Waals surface area contributed by atoms with Crippen LogP contribution in [0.3, 0.4) is 0 Å². The van der Waals surface area contributed by atoms with Crippen molar-refractivity contribution in [3.05, 3.63) is 42.1 Å². The molecule has 1 aliphatic heterocycles. The van der Waals surface area contributed by atoms with Gasteiger partial charge in [-0.3, -0.25) is 0 Å². The highest BCUT2D eigenvalue weighted by Gasteiger charge is 2.14. The van der Waals surface area contributed by atoms with Gasteiger partial charge >= 0.3 is 0 Å². The zero-order chi connectivity index (χ0) is 13.4. The first kappa shape index (κ1) is 11.3. The van der Waals surface area contributed by atoms with Gasteiger partial charge in [-0.25, -0.2) is 0 Å². The summed E-state index contributed by atoms with van der Waals surface area (Å²) in [5, 5.41) is 7.41. The quantitative estimate of drug-likeness (QED) is 0.748. The van der Waals surface area contributed by atoms with Gasteiger partial charge in [0, 0.05) is 24.0 Å². The summed E-state index contributed by atoms with van der Waals surface area (Å²) in [7, 11) is 0. The Bertz CT molecular complexity index is 730. The van der Waals surface area contributed by atoms with Gasteiger partial charge in [-0.15, -0.1) is 0 Å². The molecule has 5 nitrogen and oxygen atoms in total. The number of nitrogens with zero attached hydrogens (tertiary/aromatic N) is 2. The van der Waals surface area contributed by atoms with E-state index < -0.39 is 0 Å². The number of H-pyrrole nitrogens is 1. The number of anilines is 1. The van der Waals surface area contributed by atoms with Gasteiger partial charge in [-0.1, -0.05) is 5.16 Å². The van der Waals surface area contributed by atoms with Crippen LogP contribution in [0.2, 0.25) is 0 Å². The van der Waals surface area contributed by atoms with E-state index in [1.165, 1.54) is 11.3 Å². The fourth-order valence-corrected chi connectivity index (χ4v) is 2.53. The van der Waals surface area contributed by atoms with Crippen molar-refractivity contribution in [2.45, 2.75) is 12.8 Å². The molecular formula is C15H14N4O. The predicted molar refractivity (Wildman–Crippen MR) is 76.3 cm³/mol. The maximum Gasteiger partial charge on any atom is 0.258 e. The number of nitrogens with one attached hydrogen (secondary N) is 2. The lowest BCUT2D eigenvalue weighted by atomic mass is 10.0. The standard InChI is InChI=1S/C15H14N4O/c1-3-10-9-11(5-6-12(10)16-7-1)15-18-14(19-20-15)13-4-2-8-17-13/h2,4-6,8-9,16-17H,1,3,7H2. The second-order valence-electron chi connectivity index (χ2n) is 4.91. The van der Waals surface area contributed by atoms with E-state index in [0.29, 0.717) is 11.7 Å². The number of hydrogen-bond acceptors (Lipinski definition) is 4. The molecule has 0 saturated carbocycles. The van der Waals surface area contributed by atoms with E-state index >= 15 is 0 Å². The van der Waals surface area contributed by atoms with Crippen LogP contribution < -0.4 is 5.32 Å². The molecule has 2 aromatic heterocycles. The molecule has 0 amide bonds. The fraction of sp³-hybridized carbons (Fsp3) is 0.200. The van der Waals surface area contributed by atoms with Crippen molar-refractivity contribution in [1.82, 2.24) is 15.1 Å². The summed E-state index contributed by atoms with van der Waals surface area (Å²) in [6.45, 7) is 1.05. The van der Waals surface area contributed by atoms with Crippen LogP contribution in [-0.2, 0) is 6.42 Å². The molecular weight excluding hydrogens is 252 g/mol. The van der Waals surface area contributed by atoms with E-state index in [4.69, 9.17) is 4.52 Å². The smallest absolute Gasteiger partial charge is 0.258 e. The third-order valence-corrected chi connectivity index (χ3v) is 3.56. The van der Waals surface area contributed by atoms with E-state index in [9.17, 15) is 0 Å². The summed E-state index contributed by atoms with van der Waals surface area (Å²) in [6, 6.07) is 10.1. The fourth-order valence-electron chi connectivity index (χ4n) is 2.53. The van der Waals surface area contributed by atoms with Crippen molar-refractivity contribution in [3.63, 3.8) is 0 Å². The van der Waals surface area contributed by atoms with Gasteiger partial charge in [0.25, 0.3) is 5.89 Å². The minimum Gasteiger partial charge on any atom is -0.385 e. The summed E-state index contributed by atoms with van der Waals surface area (Å²) in [4.78, 5) is 7.52. The summed E-state index contributed by atoms with van der Waals surface area (Å²) in [5.74, 6) is 1.14. The normalized spacial score (nSPS) is 13.8. The molecule has 0 unspecified atom stereocenters. The Balaban J connectivity index is 1.71. The first-order chi connectivity index (χ1) is 9.90. The number of fused-ring (bicyclic) bond motifs is 1. The molecule has 1 aliphatic rings. The lowest BCUT2D eigenvalue weighted by Crippen LogP contribution is -2.11. The number of aromatic nitrogens is 3. The molecule has 0 atom stereocenters. The van der Waals surface area contributed by atoms with E-state index in [2.05, 4.69) is 32.6 Å². The molecule has 5 heteroatoms. The van der Waals surface area contributed by atoms with Crippen molar-refractivity contribution < 1.29 is 4.52 Å². The zero-order valence-electron chi connectivity index (χ0n) is 10.9. The highest BCUT2D eigenvalue weighted by molar-refractivity contribution is 5.65. The first-order valence-corrected chi connectivity index (χ1v) is 6.75. The first-order valence-electron chi connectivity index (χ1n) is 6.75. The molecule has 1 aromatic carbocycles. The third-order valence-electron chi connectivity index (χ3n) is 3.56. The number of rotatable bonds is 2. The van der Waals surface area contributed by atoms with Crippen molar-refractivity contribution in [2.75, 3.05) is 11.9 Å². The van der Waals surface area contributed by atoms with Crippen molar-refractivity contribution in [1.29, 1.82) is 0 Å². The summed E-state index contributed by atoms with van der Waals surface area (Å²) in [5.41, 5.74) is 4.36. The second kappa shape index (κ2) is 4.52. The molecule has 3 heterocycles. The van der Waals surface area contributed by atoms with Crippen LogP contribution >= 0.6 is 0 Å². The highest BCUT2D eigenvalue weighted by Crippen LogP contribution is 2.28. The lowest BCUT2D eigenvalue weighted by molar-refractivity contribution is 0.432. The number of benzene rings is 1. The molecule has 0 radical (unpaired) electrons. The Hall–Kier alpha value is -2.56. The molecule has 0 bridgehead atoms. The minimum atomic E-state index is 0.558. The van der Waals surface area contributed by atoms with Gasteiger partial charge in [-0.2, -0.15) is 4.98 Å². The highest BCUT2D eigenvalue weighted by atomic mass is 16.5. The monoisotopic (exact) mass is 266 g/mol. The van der Waals surface area contributed by atoms with Crippen LogP contribution in [0.15, 0.2) is 41.1 Å². The Morgan fingerprint density at radius 3 is 3.10 bits per heavy atom. The summed E-state index contributed by atoms with van der Waals surface area (Å²) >= 11 is 0. The number of aryl methyl sites for hydroxylation is 1. The van der Waals surface area contributed by atoms with Gasteiger partial charge in [0.15, 0.2) is 0 Å². The SMILES string of the molecule is c1c[nH]c(-c2noc(-c3ccc4c(c3)CCCN4)n2)c1. The molecule has 100 valence electrons. The summed E-state index contributed by atoms with van der Waals surface area (Å²) in [6.07, 6.45) is 4.09. The lowest BCUT2D eigenvalue weighted by Gasteiger charge is -2.17.